The normalized spacial score (nSPS) is 33.3. The zero-order valence-corrected chi connectivity index (χ0v) is 18.7. The van der Waals surface area contributed by atoms with E-state index in [0.717, 1.165) is 6.42 Å². The second-order valence-corrected chi connectivity index (χ2v) is 8.56. The van der Waals surface area contributed by atoms with E-state index in [2.05, 4.69) is 23.8 Å². The predicted molar refractivity (Wildman–Crippen MR) is 107 cm³/mol. The van der Waals surface area contributed by atoms with Gasteiger partial charge in [0.05, 0.1) is 5.92 Å². The first-order valence-electron chi connectivity index (χ1n) is 10.6. The van der Waals surface area contributed by atoms with Crippen LogP contribution in [-0.2, 0) is 14.3 Å². The van der Waals surface area contributed by atoms with Gasteiger partial charge in [0, 0.05) is 5.92 Å². The summed E-state index contributed by atoms with van der Waals surface area (Å²) in [6, 6.07) is 0. The van der Waals surface area contributed by atoms with Crippen LogP contribution < -0.4 is 0 Å². The Hall–Kier alpha value is -2.45. The Morgan fingerprint density at radius 3 is 1.43 bits per heavy atom. The Labute approximate surface area is 196 Å². The average Bonchev–Trinajstić information content (AvgIpc) is 3.47. The van der Waals surface area contributed by atoms with Crippen LogP contribution in [0.15, 0.2) is 24.3 Å². The topological polar surface area (TPSA) is 43.4 Å². The Morgan fingerprint density at radius 1 is 0.800 bits per heavy atom. The number of halogens is 9. The SMILES string of the molecule is C#COC(=O)C1C2C=CC(C2)C1C.CC1C2C=CC(C2)C1C(=O)C(F)(F)F.FC(F)F.FC(F)F. The zero-order chi connectivity index (χ0) is 27.1. The van der Waals surface area contributed by atoms with Crippen LogP contribution in [-0.4, -0.2) is 31.3 Å². The largest absolute Gasteiger partial charge is 0.450 e. The standard InChI is InChI=1S/C11H12O2.C10H11F3O.2CHF3/c1-3-13-11(12)10-7(2)8-4-5-9(10)6-8;1-5-6-2-3-7(4-6)8(5)9(14)10(11,12)13;2*2-1(3)4/h1,4-5,7-10H,6H2,2H3;2-3,5-8H,4H2,1H3;2*1H. The molecule has 0 aliphatic heterocycles. The lowest BCUT2D eigenvalue weighted by Gasteiger charge is -2.24. The fourth-order valence-corrected chi connectivity index (χ4v) is 5.28. The monoisotopic (exact) mass is 520 g/mol. The zero-order valence-electron chi connectivity index (χ0n) is 18.7. The summed E-state index contributed by atoms with van der Waals surface area (Å²) < 4.78 is 99.3. The second kappa shape index (κ2) is 13.0. The van der Waals surface area contributed by atoms with Crippen LogP contribution in [0, 0.1) is 59.9 Å². The Balaban J connectivity index is 0.000000270. The lowest BCUT2D eigenvalue weighted by molar-refractivity contribution is -0.177. The van der Waals surface area contributed by atoms with Crippen LogP contribution >= 0.6 is 0 Å². The van der Waals surface area contributed by atoms with Gasteiger partial charge in [0.1, 0.15) is 6.11 Å². The van der Waals surface area contributed by atoms with Crippen LogP contribution in [0.2, 0.25) is 0 Å². The van der Waals surface area contributed by atoms with Gasteiger partial charge in [-0.05, 0) is 48.3 Å². The van der Waals surface area contributed by atoms with Gasteiger partial charge in [0.2, 0.25) is 5.78 Å². The maximum absolute atomic E-state index is 12.2. The van der Waals surface area contributed by atoms with E-state index in [-0.39, 0.29) is 29.6 Å². The molecule has 4 aliphatic rings. The summed E-state index contributed by atoms with van der Waals surface area (Å²) in [6.07, 6.45) is 12.0. The van der Waals surface area contributed by atoms with Gasteiger partial charge >= 0.3 is 25.5 Å². The van der Waals surface area contributed by atoms with Gasteiger partial charge in [-0.3, -0.25) is 9.59 Å². The number of Topliss-reactive ketones (excluding diaryl/α,β-unsaturated/α-hetero) is 1. The molecular formula is C23H25F9O3. The number of fused-ring (bicyclic) bond motifs is 4. The number of ether oxygens (including phenoxy) is 1. The number of hydrogen-bond acceptors (Lipinski definition) is 3. The van der Waals surface area contributed by atoms with Crippen molar-refractivity contribution in [2.24, 2.45) is 47.3 Å². The summed E-state index contributed by atoms with van der Waals surface area (Å²) in [4.78, 5) is 22.6. The highest BCUT2D eigenvalue weighted by Crippen LogP contribution is 2.50. The number of esters is 1. The molecule has 2 saturated carbocycles. The van der Waals surface area contributed by atoms with Gasteiger partial charge in [0.15, 0.2) is 0 Å². The third kappa shape index (κ3) is 8.61. The number of ketones is 1. The van der Waals surface area contributed by atoms with Gasteiger partial charge in [0.25, 0.3) is 0 Å². The third-order valence-electron chi connectivity index (χ3n) is 6.72. The van der Waals surface area contributed by atoms with E-state index in [0.29, 0.717) is 24.2 Å². The molecule has 12 heteroatoms. The van der Waals surface area contributed by atoms with Gasteiger partial charge in [-0.2, -0.15) is 39.5 Å². The van der Waals surface area contributed by atoms with E-state index in [1.165, 1.54) is 0 Å². The van der Waals surface area contributed by atoms with Crippen molar-refractivity contribution in [3.63, 3.8) is 0 Å². The average molecular weight is 520 g/mol. The number of terminal acetylenes is 1. The van der Waals surface area contributed by atoms with Crippen molar-refractivity contribution in [1.29, 1.82) is 0 Å². The predicted octanol–water partition coefficient (Wildman–Crippen LogP) is 6.51. The first-order valence-corrected chi connectivity index (χ1v) is 10.6. The molecule has 0 aromatic rings. The Bertz CT molecular complexity index is 805. The van der Waals surface area contributed by atoms with E-state index in [4.69, 9.17) is 6.42 Å². The summed E-state index contributed by atoms with van der Waals surface area (Å²) in [6.45, 7) is -3.50. The Morgan fingerprint density at radius 2 is 1.14 bits per heavy atom. The number of rotatable bonds is 2. The van der Waals surface area contributed by atoms with Gasteiger partial charge < -0.3 is 4.74 Å². The quantitative estimate of drug-likeness (QED) is 0.180. The second-order valence-electron chi connectivity index (χ2n) is 8.56. The van der Waals surface area contributed by atoms with Crippen molar-refractivity contribution in [2.45, 2.75) is 46.2 Å². The van der Waals surface area contributed by atoms with Crippen LogP contribution in [0.4, 0.5) is 39.5 Å². The molecule has 2 fully saturated rings. The highest BCUT2D eigenvalue weighted by molar-refractivity contribution is 5.87. The van der Waals surface area contributed by atoms with Gasteiger partial charge in [-0.15, -0.1) is 0 Å². The highest BCUT2D eigenvalue weighted by Gasteiger charge is 2.53. The first-order chi connectivity index (χ1) is 16.1. The maximum Gasteiger partial charge on any atom is 0.450 e. The molecule has 0 radical (unpaired) electrons. The molecule has 0 N–H and O–H groups in total. The van der Waals surface area contributed by atoms with Gasteiger partial charge in [-0.25, -0.2) is 0 Å². The molecule has 4 aliphatic carbocycles. The molecule has 0 amide bonds. The third-order valence-corrected chi connectivity index (χ3v) is 6.72. The molecule has 0 aromatic carbocycles. The molecule has 0 saturated heterocycles. The number of carbonyl (C=O) groups excluding carboxylic acids is 2. The summed E-state index contributed by atoms with van der Waals surface area (Å²) in [5, 5.41) is 0. The molecule has 4 rings (SSSR count). The minimum absolute atomic E-state index is 0.00829. The summed E-state index contributed by atoms with van der Waals surface area (Å²) in [7, 11) is 0. The molecule has 3 nitrogen and oxygen atoms in total. The summed E-state index contributed by atoms with van der Waals surface area (Å²) in [5.74, 6) is -1.46. The van der Waals surface area contributed by atoms with E-state index < -0.39 is 31.2 Å². The van der Waals surface area contributed by atoms with Crippen LogP contribution in [0.25, 0.3) is 0 Å². The van der Waals surface area contributed by atoms with Crippen LogP contribution in [0.3, 0.4) is 0 Å². The van der Waals surface area contributed by atoms with Crippen molar-refractivity contribution in [1.82, 2.24) is 0 Å². The lowest BCUT2D eigenvalue weighted by Crippen LogP contribution is -2.36. The number of carbonyl (C=O) groups is 2. The van der Waals surface area contributed by atoms with Crippen LogP contribution in [0.1, 0.15) is 26.7 Å². The van der Waals surface area contributed by atoms with Crippen molar-refractivity contribution >= 4 is 11.8 Å². The minimum atomic E-state index is -4.67. The fraction of sp³-hybridized carbons (Fsp3) is 0.652. The van der Waals surface area contributed by atoms with Crippen LogP contribution in [0.5, 0.6) is 0 Å². The fourth-order valence-electron chi connectivity index (χ4n) is 5.28. The molecule has 8 unspecified atom stereocenters. The van der Waals surface area contributed by atoms with E-state index in [1.54, 1.807) is 13.0 Å². The van der Waals surface area contributed by atoms with Crippen molar-refractivity contribution in [2.75, 3.05) is 0 Å². The lowest BCUT2D eigenvalue weighted by atomic mass is 9.81. The molecule has 0 aromatic heterocycles. The van der Waals surface area contributed by atoms with Crippen molar-refractivity contribution in [3.8, 4) is 12.5 Å². The molecule has 8 atom stereocenters. The molecular weight excluding hydrogens is 495 g/mol. The first kappa shape index (κ1) is 30.6. The smallest absolute Gasteiger partial charge is 0.372 e. The molecule has 0 spiro atoms. The maximum atomic E-state index is 12.2. The number of hydrogen-bond donors (Lipinski definition) is 0. The van der Waals surface area contributed by atoms with E-state index in [1.807, 2.05) is 12.2 Å². The minimum Gasteiger partial charge on any atom is -0.372 e. The molecule has 0 heterocycles. The number of allylic oxidation sites excluding steroid dienone is 4. The Kier molecular flexibility index (Phi) is 11.4. The van der Waals surface area contributed by atoms with Gasteiger partial charge in [-0.1, -0.05) is 44.6 Å². The summed E-state index contributed by atoms with van der Waals surface area (Å²) in [5.41, 5.74) is 0. The van der Waals surface area contributed by atoms with Crippen molar-refractivity contribution < 1.29 is 53.8 Å². The molecule has 4 bridgehead atoms. The highest BCUT2D eigenvalue weighted by atomic mass is 19.4. The van der Waals surface area contributed by atoms with Crippen molar-refractivity contribution in [3.05, 3.63) is 24.3 Å². The number of alkyl halides is 9. The molecule has 198 valence electrons. The van der Waals surface area contributed by atoms with E-state index >= 15 is 0 Å². The molecule has 35 heavy (non-hydrogen) atoms. The summed E-state index contributed by atoms with van der Waals surface area (Å²) >= 11 is 0. The van der Waals surface area contributed by atoms with E-state index in [9.17, 15) is 49.1 Å².